The van der Waals surface area contributed by atoms with Crippen LogP contribution in [0.4, 0.5) is 0 Å². The average molecular weight is 249 g/mol. The third kappa shape index (κ3) is 4.10. The van der Waals surface area contributed by atoms with Crippen molar-refractivity contribution in [3.05, 3.63) is 29.3 Å². The zero-order valence-corrected chi connectivity index (χ0v) is 10.2. The van der Waals surface area contributed by atoms with Gasteiger partial charge in [0.1, 0.15) is 12.4 Å². The van der Waals surface area contributed by atoms with Gasteiger partial charge in [0, 0.05) is 10.7 Å². The predicted molar refractivity (Wildman–Crippen MR) is 61.1 cm³/mol. The molecule has 0 aliphatic heterocycles. The van der Waals surface area contributed by atoms with Crippen molar-refractivity contribution < 1.29 is 13.2 Å². The zero-order chi connectivity index (χ0) is 11.5. The number of hydrogen-bond acceptors (Lipinski definition) is 3. The van der Waals surface area contributed by atoms with Gasteiger partial charge in [-0.15, -0.1) is 0 Å². The standard InChI is InChI=1S/C10H13ClO3S/c1-8-4-3-5-9(2)10(8)14-6-7-15(11,12)13/h3-5H,6-7H2,1-2H3. The average Bonchev–Trinajstić information content (AvgIpc) is 2.08. The highest BCUT2D eigenvalue weighted by Gasteiger charge is 2.07. The molecule has 0 heterocycles. The largest absolute Gasteiger partial charge is 0.492 e. The molecule has 1 rings (SSSR count). The second kappa shape index (κ2) is 4.86. The van der Waals surface area contributed by atoms with Gasteiger partial charge in [0.05, 0.1) is 5.75 Å². The maximum atomic E-state index is 10.7. The van der Waals surface area contributed by atoms with Crippen LogP contribution in [0.3, 0.4) is 0 Å². The summed E-state index contributed by atoms with van der Waals surface area (Å²) >= 11 is 0. The lowest BCUT2D eigenvalue weighted by atomic mass is 10.1. The van der Waals surface area contributed by atoms with Crippen molar-refractivity contribution in [1.29, 1.82) is 0 Å². The molecular weight excluding hydrogens is 236 g/mol. The second-order valence-electron chi connectivity index (χ2n) is 3.31. The Labute approximate surface area is 94.4 Å². The van der Waals surface area contributed by atoms with Crippen LogP contribution in [0.15, 0.2) is 18.2 Å². The van der Waals surface area contributed by atoms with Crippen LogP contribution >= 0.6 is 10.7 Å². The number of ether oxygens (including phenoxy) is 1. The molecule has 0 aromatic heterocycles. The SMILES string of the molecule is Cc1cccc(C)c1OCCS(=O)(=O)Cl. The molecule has 0 spiro atoms. The molecule has 1 aromatic carbocycles. The number of para-hydroxylation sites is 1. The lowest BCUT2D eigenvalue weighted by Gasteiger charge is -2.10. The highest BCUT2D eigenvalue weighted by atomic mass is 35.7. The van der Waals surface area contributed by atoms with Crippen LogP contribution in [0.25, 0.3) is 0 Å². The van der Waals surface area contributed by atoms with Crippen molar-refractivity contribution >= 4 is 19.7 Å². The van der Waals surface area contributed by atoms with Gasteiger partial charge in [-0.25, -0.2) is 8.42 Å². The molecule has 0 saturated carbocycles. The van der Waals surface area contributed by atoms with Crippen molar-refractivity contribution in [2.75, 3.05) is 12.4 Å². The number of halogens is 1. The van der Waals surface area contributed by atoms with Gasteiger partial charge in [-0.1, -0.05) is 18.2 Å². The van der Waals surface area contributed by atoms with Gasteiger partial charge in [0.25, 0.3) is 0 Å². The van der Waals surface area contributed by atoms with Gasteiger partial charge in [0.2, 0.25) is 9.05 Å². The number of aryl methyl sites for hydroxylation is 2. The van der Waals surface area contributed by atoms with Gasteiger partial charge >= 0.3 is 0 Å². The molecule has 0 aliphatic carbocycles. The van der Waals surface area contributed by atoms with E-state index < -0.39 is 9.05 Å². The molecule has 0 fully saturated rings. The Bertz CT molecular complexity index is 420. The topological polar surface area (TPSA) is 43.4 Å². The van der Waals surface area contributed by atoms with E-state index in [0.29, 0.717) is 0 Å². The van der Waals surface area contributed by atoms with Crippen LogP contribution in [-0.2, 0) is 9.05 Å². The molecule has 0 saturated heterocycles. The fourth-order valence-corrected chi connectivity index (χ4v) is 1.74. The smallest absolute Gasteiger partial charge is 0.235 e. The summed E-state index contributed by atoms with van der Waals surface area (Å²) < 4.78 is 26.7. The number of hydrogen-bond donors (Lipinski definition) is 0. The minimum absolute atomic E-state index is 0.0809. The van der Waals surface area contributed by atoms with Gasteiger partial charge in [-0.2, -0.15) is 0 Å². The van der Waals surface area contributed by atoms with E-state index in [1.165, 1.54) is 0 Å². The van der Waals surface area contributed by atoms with E-state index in [1.807, 2.05) is 32.0 Å². The Morgan fingerprint density at radius 2 is 1.80 bits per heavy atom. The van der Waals surface area contributed by atoms with Crippen molar-refractivity contribution in [3.8, 4) is 5.75 Å². The predicted octanol–water partition coefficient (Wildman–Crippen LogP) is 2.25. The van der Waals surface area contributed by atoms with Crippen LogP contribution in [0.1, 0.15) is 11.1 Å². The summed E-state index contributed by atoms with van der Waals surface area (Å²) in [4.78, 5) is 0. The van der Waals surface area contributed by atoms with E-state index in [1.54, 1.807) is 0 Å². The maximum absolute atomic E-state index is 10.7. The first-order valence-corrected chi connectivity index (χ1v) is 6.99. The first kappa shape index (κ1) is 12.3. The molecule has 84 valence electrons. The van der Waals surface area contributed by atoms with Gasteiger partial charge in [0.15, 0.2) is 0 Å². The minimum Gasteiger partial charge on any atom is -0.492 e. The van der Waals surface area contributed by atoms with Crippen LogP contribution in [-0.4, -0.2) is 20.8 Å². The molecule has 5 heteroatoms. The van der Waals surface area contributed by atoms with Gasteiger partial charge in [-0.05, 0) is 25.0 Å². The summed E-state index contributed by atoms with van der Waals surface area (Å²) in [5, 5.41) is 0. The van der Waals surface area contributed by atoms with Gasteiger partial charge in [-0.3, -0.25) is 0 Å². The molecule has 3 nitrogen and oxygen atoms in total. The fraction of sp³-hybridized carbons (Fsp3) is 0.400. The lowest BCUT2D eigenvalue weighted by Crippen LogP contribution is -2.10. The van der Waals surface area contributed by atoms with Gasteiger partial charge < -0.3 is 4.74 Å². The van der Waals surface area contributed by atoms with Crippen LogP contribution in [0.5, 0.6) is 5.75 Å². The van der Waals surface area contributed by atoms with Crippen molar-refractivity contribution in [3.63, 3.8) is 0 Å². The normalized spacial score (nSPS) is 11.4. The molecule has 0 aliphatic rings. The van der Waals surface area contributed by atoms with Crippen molar-refractivity contribution in [2.45, 2.75) is 13.8 Å². The quantitative estimate of drug-likeness (QED) is 0.768. The zero-order valence-electron chi connectivity index (χ0n) is 8.66. The third-order valence-electron chi connectivity index (χ3n) is 1.98. The molecule has 1 aromatic rings. The van der Waals surface area contributed by atoms with E-state index in [-0.39, 0.29) is 12.4 Å². The van der Waals surface area contributed by atoms with E-state index in [2.05, 4.69) is 0 Å². The molecule has 0 bridgehead atoms. The lowest BCUT2D eigenvalue weighted by molar-refractivity contribution is 0.337. The van der Waals surface area contributed by atoms with Crippen molar-refractivity contribution in [2.24, 2.45) is 0 Å². The summed E-state index contributed by atoms with van der Waals surface area (Å²) in [6.45, 7) is 3.91. The Morgan fingerprint density at radius 3 is 2.27 bits per heavy atom. The van der Waals surface area contributed by atoms with Crippen molar-refractivity contribution in [1.82, 2.24) is 0 Å². The number of benzene rings is 1. The van der Waals surface area contributed by atoms with Crippen LogP contribution in [0, 0.1) is 13.8 Å². The van der Waals surface area contributed by atoms with E-state index >= 15 is 0 Å². The van der Waals surface area contributed by atoms with E-state index in [0.717, 1.165) is 16.9 Å². The molecule has 15 heavy (non-hydrogen) atoms. The molecule has 0 atom stereocenters. The second-order valence-corrected chi connectivity index (χ2v) is 6.21. The molecule has 0 N–H and O–H groups in total. The summed E-state index contributed by atoms with van der Waals surface area (Å²) in [5.74, 6) is 0.556. The Morgan fingerprint density at radius 1 is 1.27 bits per heavy atom. The summed E-state index contributed by atoms with van der Waals surface area (Å²) in [6.07, 6.45) is 0. The van der Waals surface area contributed by atoms with E-state index in [4.69, 9.17) is 15.4 Å². The van der Waals surface area contributed by atoms with Crippen LogP contribution < -0.4 is 4.74 Å². The third-order valence-corrected chi connectivity index (χ3v) is 3.10. The summed E-state index contributed by atoms with van der Waals surface area (Å²) in [5.41, 5.74) is 1.98. The Balaban J connectivity index is 2.66. The monoisotopic (exact) mass is 248 g/mol. The first-order valence-electron chi connectivity index (χ1n) is 4.51. The molecule has 0 unspecified atom stereocenters. The summed E-state index contributed by atoms with van der Waals surface area (Å²) in [7, 11) is 1.60. The molecule has 0 radical (unpaired) electrons. The molecular formula is C10H13ClO3S. The first-order chi connectivity index (χ1) is 6.90. The van der Waals surface area contributed by atoms with E-state index in [9.17, 15) is 8.42 Å². The van der Waals surface area contributed by atoms with Crippen LogP contribution in [0.2, 0.25) is 0 Å². The Hall–Kier alpha value is -0.740. The summed E-state index contributed by atoms with van der Waals surface area (Å²) in [6, 6.07) is 5.75. The highest BCUT2D eigenvalue weighted by Crippen LogP contribution is 2.22. The fourth-order valence-electron chi connectivity index (χ4n) is 1.27. The Kier molecular flexibility index (Phi) is 3.99. The maximum Gasteiger partial charge on any atom is 0.235 e. The highest BCUT2D eigenvalue weighted by molar-refractivity contribution is 8.13. The number of rotatable bonds is 4. The molecule has 0 amide bonds. The minimum atomic E-state index is -3.47.